The van der Waals surface area contributed by atoms with Gasteiger partial charge in [0, 0.05) is 30.5 Å². The molecule has 0 spiro atoms. The van der Waals surface area contributed by atoms with Crippen molar-refractivity contribution >= 4 is 11.8 Å². The summed E-state index contributed by atoms with van der Waals surface area (Å²) < 4.78 is 5.88. The molecular weight excluding hydrogens is 218 g/mol. The zero-order valence-electron chi connectivity index (χ0n) is 11.2. The molecule has 16 heavy (non-hydrogen) atoms. The van der Waals surface area contributed by atoms with Crippen molar-refractivity contribution in [2.24, 2.45) is 5.92 Å². The highest BCUT2D eigenvalue weighted by atomic mass is 32.2. The fourth-order valence-corrected chi connectivity index (χ4v) is 2.90. The molecule has 1 rings (SSSR count). The normalized spacial score (nSPS) is 24.0. The number of hydrogen-bond donors (Lipinski definition) is 1. The Labute approximate surface area is 105 Å². The van der Waals surface area contributed by atoms with E-state index in [2.05, 4.69) is 32.3 Å². The van der Waals surface area contributed by atoms with Crippen LogP contribution in [0.3, 0.4) is 0 Å². The lowest BCUT2D eigenvalue weighted by atomic mass is 9.96. The highest BCUT2D eigenvalue weighted by molar-refractivity contribution is 8.00. The summed E-state index contributed by atoms with van der Waals surface area (Å²) in [5.41, 5.74) is 0. The Morgan fingerprint density at radius 3 is 2.44 bits per heavy atom. The molecule has 1 aliphatic heterocycles. The molecule has 2 nitrogen and oxygen atoms in total. The number of ether oxygens (including phenoxy) is 1. The van der Waals surface area contributed by atoms with Crippen LogP contribution >= 0.6 is 11.8 Å². The van der Waals surface area contributed by atoms with Crippen molar-refractivity contribution in [3.05, 3.63) is 0 Å². The lowest BCUT2D eigenvalue weighted by Crippen LogP contribution is -2.46. The van der Waals surface area contributed by atoms with Crippen LogP contribution in [0.1, 0.15) is 40.0 Å². The van der Waals surface area contributed by atoms with E-state index >= 15 is 0 Å². The third-order valence-electron chi connectivity index (χ3n) is 4.08. The maximum atomic E-state index is 5.46. The van der Waals surface area contributed by atoms with Crippen LogP contribution in [0.5, 0.6) is 0 Å². The van der Waals surface area contributed by atoms with E-state index in [1.165, 1.54) is 19.3 Å². The van der Waals surface area contributed by atoms with E-state index in [0.29, 0.717) is 10.8 Å². The summed E-state index contributed by atoms with van der Waals surface area (Å²) in [6.07, 6.45) is 5.87. The third kappa shape index (κ3) is 3.94. The predicted octanol–water partition coefficient (Wildman–Crippen LogP) is 2.92. The average Bonchev–Trinajstić information content (AvgIpc) is 2.36. The van der Waals surface area contributed by atoms with E-state index in [1.807, 2.05) is 11.8 Å². The Bertz CT molecular complexity index is 192. The lowest BCUT2D eigenvalue weighted by Gasteiger charge is -2.37. The number of rotatable bonds is 6. The molecule has 3 heteroatoms. The summed E-state index contributed by atoms with van der Waals surface area (Å²) in [5.74, 6) is 0.763. The van der Waals surface area contributed by atoms with Gasteiger partial charge in [-0.05, 0) is 31.9 Å². The van der Waals surface area contributed by atoms with Crippen LogP contribution in [0.25, 0.3) is 0 Å². The van der Waals surface area contributed by atoms with Crippen LogP contribution in [0.4, 0.5) is 0 Å². The first-order valence-corrected chi connectivity index (χ1v) is 7.72. The second-order valence-corrected chi connectivity index (χ2v) is 6.33. The van der Waals surface area contributed by atoms with Gasteiger partial charge in [-0.3, -0.25) is 0 Å². The van der Waals surface area contributed by atoms with Crippen molar-refractivity contribution in [1.82, 2.24) is 5.32 Å². The summed E-state index contributed by atoms with van der Waals surface area (Å²) in [5, 5.41) is 3.72. The highest BCUT2D eigenvalue weighted by Crippen LogP contribution is 2.33. The fraction of sp³-hybridized carbons (Fsp3) is 1.00. The summed E-state index contributed by atoms with van der Waals surface area (Å²) in [6.45, 7) is 9.89. The number of thioether (sulfide) groups is 1. The van der Waals surface area contributed by atoms with Gasteiger partial charge in [-0.15, -0.1) is 0 Å². The second-order valence-electron chi connectivity index (χ2n) is 5.05. The van der Waals surface area contributed by atoms with Crippen LogP contribution in [-0.4, -0.2) is 36.8 Å². The largest absolute Gasteiger partial charge is 0.381 e. The molecule has 0 amide bonds. The minimum absolute atomic E-state index is 0.417. The van der Waals surface area contributed by atoms with Gasteiger partial charge in [0.1, 0.15) is 0 Å². The van der Waals surface area contributed by atoms with Gasteiger partial charge in [0.05, 0.1) is 0 Å². The molecule has 0 aromatic carbocycles. The second kappa shape index (κ2) is 6.87. The quantitative estimate of drug-likeness (QED) is 0.777. The van der Waals surface area contributed by atoms with E-state index in [1.54, 1.807) is 0 Å². The molecule has 0 aromatic heterocycles. The Kier molecular flexibility index (Phi) is 6.16. The van der Waals surface area contributed by atoms with E-state index in [-0.39, 0.29) is 0 Å². The first-order valence-electron chi connectivity index (χ1n) is 6.50. The molecule has 1 aliphatic rings. The average molecular weight is 245 g/mol. The van der Waals surface area contributed by atoms with Crippen molar-refractivity contribution in [3.63, 3.8) is 0 Å². The van der Waals surface area contributed by atoms with Gasteiger partial charge in [0.25, 0.3) is 0 Å². The molecule has 2 unspecified atom stereocenters. The summed E-state index contributed by atoms with van der Waals surface area (Å²) in [4.78, 5) is 0. The zero-order chi connectivity index (χ0) is 12.0. The van der Waals surface area contributed by atoms with Gasteiger partial charge < -0.3 is 10.1 Å². The van der Waals surface area contributed by atoms with Gasteiger partial charge in [-0.1, -0.05) is 20.3 Å². The van der Waals surface area contributed by atoms with Crippen LogP contribution in [0.15, 0.2) is 0 Å². The molecule has 96 valence electrons. The maximum Gasteiger partial charge on any atom is 0.0479 e. The number of nitrogens with one attached hydrogen (secondary N) is 1. The van der Waals surface area contributed by atoms with Gasteiger partial charge in [-0.2, -0.15) is 11.8 Å². The standard InChI is InChI=1S/C13H27NOS/c1-5-11(2)12(3)14-10-13(16-4)6-8-15-9-7-13/h11-12,14H,5-10H2,1-4H3. The summed E-state index contributed by atoms with van der Waals surface area (Å²) in [7, 11) is 0. The van der Waals surface area contributed by atoms with Crippen molar-refractivity contribution in [1.29, 1.82) is 0 Å². The summed E-state index contributed by atoms with van der Waals surface area (Å²) >= 11 is 2.01. The van der Waals surface area contributed by atoms with Crippen LogP contribution in [0, 0.1) is 5.92 Å². The van der Waals surface area contributed by atoms with Crippen molar-refractivity contribution in [2.75, 3.05) is 26.0 Å². The summed E-state index contributed by atoms with van der Waals surface area (Å²) in [6, 6.07) is 0.622. The molecule has 0 radical (unpaired) electrons. The maximum absolute atomic E-state index is 5.46. The molecular formula is C13H27NOS. The molecule has 1 heterocycles. The van der Waals surface area contributed by atoms with Gasteiger partial charge in [0.15, 0.2) is 0 Å². The van der Waals surface area contributed by atoms with E-state index in [0.717, 1.165) is 25.7 Å². The van der Waals surface area contributed by atoms with Gasteiger partial charge in [0.2, 0.25) is 0 Å². The topological polar surface area (TPSA) is 21.3 Å². The molecule has 1 saturated heterocycles. The van der Waals surface area contributed by atoms with Crippen molar-refractivity contribution < 1.29 is 4.74 Å². The van der Waals surface area contributed by atoms with Crippen molar-refractivity contribution in [3.8, 4) is 0 Å². The highest BCUT2D eigenvalue weighted by Gasteiger charge is 2.31. The fourth-order valence-electron chi connectivity index (χ4n) is 2.10. The van der Waals surface area contributed by atoms with Crippen LogP contribution in [0.2, 0.25) is 0 Å². The molecule has 0 aromatic rings. The Morgan fingerprint density at radius 1 is 1.31 bits per heavy atom. The van der Waals surface area contributed by atoms with Crippen LogP contribution in [-0.2, 0) is 4.74 Å². The minimum Gasteiger partial charge on any atom is -0.381 e. The minimum atomic E-state index is 0.417. The Balaban J connectivity index is 2.38. The third-order valence-corrected chi connectivity index (χ3v) is 5.50. The van der Waals surface area contributed by atoms with Gasteiger partial charge in [-0.25, -0.2) is 0 Å². The Hall–Kier alpha value is 0.270. The predicted molar refractivity (Wildman–Crippen MR) is 73.2 cm³/mol. The molecule has 0 bridgehead atoms. The zero-order valence-corrected chi connectivity index (χ0v) is 12.0. The lowest BCUT2D eigenvalue weighted by molar-refractivity contribution is 0.0761. The smallest absolute Gasteiger partial charge is 0.0479 e. The first-order chi connectivity index (χ1) is 7.63. The monoisotopic (exact) mass is 245 g/mol. The Morgan fingerprint density at radius 2 is 1.94 bits per heavy atom. The van der Waals surface area contributed by atoms with E-state index < -0.39 is 0 Å². The molecule has 0 aliphatic carbocycles. The van der Waals surface area contributed by atoms with Crippen LogP contribution < -0.4 is 5.32 Å². The first kappa shape index (κ1) is 14.3. The molecule has 1 fully saturated rings. The number of hydrogen-bond acceptors (Lipinski definition) is 3. The molecule has 0 saturated carbocycles. The molecule has 2 atom stereocenters. The SMILES string of the molecule is CCC(C)C(C)NCC1(SC)CCOCC1. The van der Waals surface area contributed by atoms with Crippen molar-refractivity contribution in [2.45, 2.75) is 50.8 Å². The van der Waals surface area contributed by atoms with Gasteiger partial charge >= 0.3 is 0 Å². The van der Waals surface area contributed by atoms with E-state index in [9.17, 15) is 0 Å². The van der Waals surface area contributed by atoms with E-state index in [4.69, 9.17) is 4.74 Å². The molecule has 1 N–H and O–H groups in total.